The SMILES string of the molecule is COc1ccccc1-c1noc(COC(=O)c2cc(Cl)cc(Cl)c2)n1. The lowest BCUT2D eigenvalue weighted by Gasteiger charge is -2.03. The number of ether oxygens (including phenoxy) is 2. The van der Waals surface area contributed by atoms with Crippen molar-refractivity contribution in [3.8, 4) is 17.1 Å². The second kappa shape index (κ2) is 7.55. The Morgan fingerprint density at radius 3 is 2.60 bits per heavy atom. The first-order chi connectivity index (χ1) is 12.1. The van der Waals surface area contributed by atoms with Crippen molar-refractivity contribution < 1.29 is 18.8 Å². The van der Waals surface area contributed by atoms with Crippen LogP contribution in [-0.4, -0.2) is 23.2 Å². The Morgan fingerprint density at radius 1 is 1.16 bits per heavy atom. The highest BCUT2D eigenvalue weighted by Gasteiger charge is 2.15. The first kappa shape index (κ1) is 17.3. The monoisotopic (exact) mass is 378 g/mol. The predicted octanol–water partition coefficient (Wildman–Crippen LogP) is 4.41. The maximum atomic E-state index is 12.1. The molecule has 8 heteroatoms. The summed E-state index contributed by atoms with van der Waals surface area (Å²) < 4.78 is 15.5. The van der Waals surface area contributed by atoms with Crippen molar-refractivity contribution in [2.24, 2.45) is 0 Å². The number of hydrogen-bond donors (Lipinski definition) is 0. The molecule has 1 heterocycles. The maximum Gasteiger partial charge on any atom is 0.338 e. The van der Waals surface area contributed by atoms with Crippen LogP contribution in [0.1, 0.15) is 16.2 Å². The average Bonchev–Trinajstić information content (AvgIpc) is 3.07. The topological polar surface area (TPSA) is 74.5 Å². The van der Waals surface area contributed by atoms with Crippen LogP contribution in [-0.2, 0) is 11.3 Å². The lowest BCUT2D eigenvalue weighted by molar-refractivity contribution is 0.0430. The van der Waals surface area contributed by atoms with Gasteiger partial charge < -0.3 is 14.0 Å². The molecule has 25 heavy (non-hydrogen) atoms. The van der Waals surface area contributed by atoms with Crippen LogP contribution < -0.4 is 4.74 Å². The summed E-state index contributed by atoms with van der Waals surface area (Å²) in [4.78, 5) is 16.3. The summed E-state index contributed by atoms with van der Waals surface area (Å²) in [6, 6.07) is 11.7. The largest absolute Gasteiger partial charge is 0.496 e. The number of nitrogens with zero attached hydrogens (tertiary/aromatic N) is 2. The van der Waals surface area contributed by atoms with Gasteiger partial charge in [0.25, 0.3) is 5.89 Å². The van der Waals surface area contributed by atoms with E-state index in [9.17, 15) is 4.79 Å². The van der Waals surface area contributed by atoms with E-state index in [4.69, 9.17) is 37.2 Å². The number of carbonyl (C=O) groups excluding carboxylic acids is 1. The molecule has 0 amide bonds. The molecule has 0 unspecified atom stereocenters. The zero-order valence-corrected chi connectivity index (χ0v) is 14.5. The predicted molar refractivity (Wildman–Crippen MR) is 91.9 cm³/mol. The molecule has 0 atom stereocenters. The molecular weight excluding hydrogens is 367 g/mol. The van der Waals surface area contributed by atoms with Gasteiger partial charge in [0.05, 0.1) is 18.2 Å². The second-order valence-electron chi connectivity index (χ2n) is 4.95. The fraction of sp³-hybridized carbons (Fsp3) is 0.118. The van der Waals surface area contributed by atoms with Crippen molar-refractivity contribution in [1.29, 1.82) is 0 Å². The molecule has 6 nitrogen and oxygen atoms in total. The molecule has 0 aliphatic rings. The Kier molecular flexibility index (Phi) is 5.21. The number of esters is 1. The fourth-order valence-electron chi connectivity index (χ4n) is 2.13. The normalized spacial score (nSPS) is 10.5. The molecule has 0 aliphatic carbocycles. The number of rotatable bonds is 5. The Morgan fingerprint density at radius 2 is 1.88 bits per heavy atom. The van der Waals surface area contributed by atoms with Crippen molar-refractivity contribution in [1.82, 2.24) is 10.1 Å². The van der Waals surface area contributed by atoms with E-state index in [1.807, 2.05) is 12.1 Å². The third kappa shape index (κ3) is 4.10. The molecule has 3 rings (SSSR count). The van der Waals surface area contributed by atoms with Crippen LogP contribution in [0.4, 0.5) is 0 Å². The van der Waals surface area contributed by atoms with Crippen molar-refractivity contribution in [2.75, 3.05) is 7.11 Å². The van der Waals surface area contributed by atoms with Gasteiger partial charge in [-0.25, -0.2) is 4.79 Å². The molecule has 0 bridgehead atoms. The van der Waals surface area contributed by atoms with E-state index in [0.717, 1.165) is 0 Å². The highest BCUT2D eigenvalue weighted by molar-refractivity contribution is 6.35. The van der Waals surface area contributed by atoms with Gasteiger partial charge in [-0.1, -0.05) is 40.5 Å². The lowest BCUT2D eigenvalue weighted by atomic mass is 10.2. The van der Waals surface area contributed by atoms with Crippen molar-refractivity contribution in [3.05, 3.63) is 64.0 Å². The van der Waals surface area contributed by atoms with Gasteiger partial charge in [0, 0.05) is 10.0 Å². The Balaban J connectivity index is 1.70. The van der Waals surface area contributed by atoms with Crippen molar-refractivity contribution in [3.63, 3.8) is 0 Å². The van der Waals surface area contributed by atoms with Crippen LogP contribution in [0.25, 0.3) is 11.4 Å². The minimum Gasteiger partial charge on any atom is -0.496 e. The smallest absolute Gasteiger partial charge is 0.338 e. The van der Waals surface area contributed by atoms with Gasteiger partial charge in [-0.2, -0.15) is 4.98 Å². The standard InChI is InChI=1S/C17H12Cl2N2O4/c1-23-14-5-3-2-4-13(14)16-20-15(25-21-16)9-24-17(22)10-6-11(18)8-12(19)7-10/h2-8H,9H2,1H3. The number of para-hydroxylation sites is 1. The number of carbonyl (C=O) groups is 1. The van der Waals surface area contributed by atoms with E-state index in [-0.39, 0.29) is 18.1 Å². The summed E-state index contributed by atoms with van der Waals surface area (Å²) in [7, 11) is 1.55. The van der Waals surface area contributed by atoms with E-state index < -0.39 is 5.97 Å². The summed E-state index contributed by atoms with van der Waals surface area (Å²) >= 11 is 11.7. The molecule has 0 spiro atoms. The molecule has 2 aromatic carbocycles. The number of methoxy groups -OCH3 is 1. The number of benzene rings is 2. The summed E-state index contributed by atoms with van der Waals surface area (Å²) in [5.41, 5.74) is 0.912. The van der Waals surface area contributed by atoms with Gasteiger partial charge in [-0.15, -0.1) is 0 Å². The van der Waals surface area contributed by atoms with Gasteiger partial charge in [-0.05, 0) is 30.3 Å². The molecule has 0 aliphatic heterocycles. The molecule has 3 aromatic rings. The van der Waals surface area contributed by atoms with Crippen LogP contribution >= 0.6 is 23.2 Å². The number of aromatic nitrogens is 2. The third-order valence-corrected chi connectivity index (χ3v) is 3.68. The number of halogens is 2. The molecule has 0 saturated carbocycles. The van der Waals surface area contributed by atoms with Crippen LogP contribution in [0.3, 0.4) is 0 Å². The summed E-state index contributed by atoms with van der Waals surface area (Å²) in [6.07, 6.45) is 0. The van der Waals surface area contributed by atoms with E-state index in [2.05, 4.69) is 10.1 Å². The zero-order valence-electron chi connectivity index (χ0n) is 13.0. The number of hydrogen-bond acceptors (Lipinski definition) is 6. The molecule has 0 fully saturated rings. The van der Waals surface area contributed by atoms with Crippen molar-refractivity contribution >= 4 is 29.2 Å². The van der Waals surface area contributed by atoms with Crippen LogP contribution in [0.15, 0.2) is 47.0 Å². The maximum absolute atomic E-state index is 12.1. The summed E-state index contributed by atoms with van der Waals surface area (Å²) in [5, 5.41) is 4.56. The highest BCUT2D eigenvalue weighted by Crippen LogP contribution is 2.27. The summed E-state index contributed by atoms with van der Waals surface area (Å²) in [6.45, 7) is -0.175. The minimum absolute atomic E-state index is 0.155. The van der Waals surface area contributed by atoms with E-state index in [0.29, 0.717) is 27.2 Å². The van der Waals surface area contributed by atoms with Gasteiger partial charge >= 0.3 is 5.97 Å². The van der Waals surface area contributed by atoms with Crippen LogP contribution in [0.5, 0.6) is 5.75 Å². The Bertz CT molecular complexity index is 891. The fourth-order valence-corrected chi connectivity index (χ4v) is 2.66. The van der Waals surface area contributed by atoms with Gasteiger partial charge in [0.2, 0.25) is 5.82 Å². The van der Waals surface area contributed by atoms with E-state index in [1.165, 1.54) is 18.2 Å². The van der Waals surface area contributed by atoms with Gasteiger partial charge in [0.1, 0.15) is 5.75 Å². The van der Waals surface area contributed by atoms with Crippen molar-refractivity contribution in [2.45, 2.75) is 6.61 Å². The highest BCUT2D eigenvalue weighted by atomic mass is 35.5. The quantitative estimate of drug-likeness (QED) is 0.612. The lowest BCUT2D eigenvalue weighted by Crippen LogP contribution is -2.05. The molecule has 0 saturated heterocycles. The average molecular weight is 379 g/mol. The molecule has 0 radical (unpaired) electrons. The van der Waals surface area contributed by atoms with Gasteiger partial charge in [-0.3, -0.25) is 0 Å². The van der Waals surface area contributed by atoms with E-state index in [1.54, 1.807) is 19.2 Å². The zero-order chi connectivity index (χ0) is 17.8. The first-order valence-corrected chi connectivity index (χ1v) is 7.91. The minimum atomic E-state index is -0.596. The molecule has 128 valence electrons. The molecule has 0 N–H and O–H groups in total. The Labute approximate surface area is 153 Å². The Hall–Kier alpha value is -2.57. The third-order valence-electron chi connectivity index (χ3n) is 3.24. The molecular formula is C17H12Cl2N2O4. The molecule has 1 aromatic heterocycles. The summed E-state index contributed by atoms with van der Waals surface area (Å²) in [5.74, 6) is 0.513. The first-order valence-electron chi connectivity index (χ1n) is 7.16. The van der Waals surface area contributed by atoms with E-state index >= 15 is 0 Å². The van der Waals surface area contributed by atoms with Gasteiger partial charge in [0.15, 0.2) is 6.61 Å². The van der Waals surface area contributed by atoms with Crippen LogP contribution in [0, 0.1) is 0 Å². The van der Waals surface area contributed by atoms with Crippen LogP contribution in [0.2, 0.25) is 10.0 Å². The second-order valence-corrected chi connectivity index (χ2v) is 5.82.